The maximum Gasteiger partial charge on any atom is 0.275 e. The van der Waals surface area contributed by atoms with Crippen molar-refractivity contribution in [3.05, 3.63) is 55.7 Å². The first-order valence-corrected chi connectivity index (χ1v) is 6.96. The number of hydrogen-bond donors (Lipinski definition) is 1. The van der Waals surface area contributed by atoms with Crippen LogP contribution < -0.4 is 5.32 Å². The number of aromatic nitrogens is 1. The molecule has 0 saturated heterocycles. The number of anilines is 1. The van der Waals surface area contributed by atoms with Crippen molar-refractivity contribution >= 4 is 58.0 Å². The second-order valence-electron chi connectivity index (χ2n) is 3.84. The van der Waals surface area contributed by atoms with Gasteiger partial charge in [-0.2, -0.15) is 5.26 Å². The monoisotopic (exact) mass is 359 g/mol. The van der Waals surface area contributed by atoms with Gasteiger partial charge in [0.15, 0.2) is 0 Å². The molecule has 0 fully saturated rings. The first kappa shape index (κ1) is 15.9. The lowest BCUT2D eigenvalue weighted by molar-refractivity contribution is 0.102. The molecule has 0 aliphatic carbocycles. The van der Waals surface area contributed by atoms with Crippen LogP contribution in [0.5, 0.6) is 0 Å². The number of hydrogen-bond acceptors (Lipinski definition) is 3. The summed E-state index contributed by atoms with van der Waals surface area (Å²) < 4.78 is 0. The Hall–Kier alpha value is -1.51. The Labute approximate surface area is 140 Å². The molecule has 0 aliphatic rings. The third kappa shape index (κ3) is 3.39. The summed E-state index contributed by atoms with van der Waals surface area (Å²) in [6.07, 6.45) is 0. The minimum Gasteiger partial charge on any atom is -0.321 e. The third-order valence-electron chi connectivity index (χ3n) is 2.45. The molecular weight excluding hydrogens is 356 g/mol. The minimum absolute atomic E-state index is 0.0219. The number of amides is 1. The summed E-state index contributed by atoms with van der Waals surface area (Å²) in [4.78, 5) is 16.0. The summed E-state index contributed by atoms with van der Waals surface area (Å²) >= 11 is 23.4. The Morgan fingerprint density at radius 2 is 1.86 bits per heavy atom. The molecule has 21 heavy (non-hydrogen) atoms. The topological polar surface area (TPSA) is 65.8 Å². The Balaban J connectivity index is 2.35. The molecule has 106 valence electrons. The van der Waals surface area contributed by atoms with E-state index in [4.69, 9.17) is 51.7 Å². The molecule has 0 spiro atoms. The molecule has 1 aromatic carbocycles. The van der Waals surface area contributed by atoms with E-state index in [9.17, 15) is 4.79 Å². The molecule has 1 heterocycles. The Kier molecular flexibility index (Phi) is 4.92. The quantitative estimate of drug-likeness (QED) is 0.780. The van der Waals surface area contributed by atoms with E-state index in [1.54, 1.807) is 18.2 Å². The highest BCUT2D eigenvalue weighted by atomic mass is 35.5. The van der Waals surface area contributed by atoms with Crippen LogP contribution >= 0.6 is 46.4 Å². The number of nitriles is 1. The highest BCUT2D eigenvalue weighted by molar-refractivity contribution is 6.52. The molecule has 1 N–H and O–H groups in total. The SMILES string of the molecule is N#Cc1cccc(NC(=O)c2nc(Cl)c(Cl)c(Cl)c2Cl)c1. The van der Waals surface area contributed by atoms with Crippen molar-refractivity contribution < 1.29 is 4.79 Å². The summed E-state index contributed by atoms with van der Waals surface area (Å²) in [5.74, 6) is -0.615. The number of carbonyl (C=O) groups is 1. The molecule has 0 bridgehead atoms. The number of nitrogens with one attached hydrogen (secondary N) is 1. The van der Waals surface area contributed by atoms with Crippen LogP contribution in [0.3, 0.4) is 0 Å². The fourth-order valence-electron chi connectivity index (χ4n) is 1.49. The average molecular weight is 361 g/mol. The number of rotatable bonds is 2. The highest BCUT2D eigenvalue weighted by Crippen LogP contribution is 2.36. The van der Waals surface area contributed by atoms with Crippen LogP contribution in [0.25, 0.3) is 0 Å². The van der Waals surface area contributed by atoms with Crippen LogP contribution in [0.1, 0.15) is 16.1 Å². The fourth-order valence-corrected chi connectivity index (χ4v) is 2.31. The Bertz CT molecular complexity index is 771. The molecule has 2 rings (SSSR count). The second kappa shape index (κ2) is 6.50. The van der Waals surface area contributed by atoms with Crippen molar-refractivity contribution in [2.24, 2.45) is 0 Å². The lowest BCUT2D eigenvalue weighted by Gasteiger charge is -2.09. The largest absolute Gasteiger partial charge is 0.321 e. The molecule has 0 saturated carbocycles. The van der Waals surface area contributed by atoms with Gasteiger partial charge in [-0.25, -0.2) is 4.98 Å². The number of halogens is 4. The van der Waals surface area contributed by atoms with Crippen LogP contribution in [-0.4, -0.2) is 10.9 Å². The zero-order valence-electron chi connectivity index (χ0n) is 10.1. The Morgan fingerprint density at radius 1 is 1.14 bits per heavy atom. The number of carbonyl (C=O) groups excluding carboxylic acids is 1. The average Bonchev–Trinajstić information content (AvgIpc) is 2.48. The van der Waals surface area contributed by atoms with Crippen molar-refractivity contribution in [1.82, 2.24) is 4.98 Å². The van der Waals surface area contributed by atoms with Gasteiger partial charge in [-0.1, -0.05) is 52.5 Å². The van der Waals surface area contributed by atoms with Crippen molar-refractivity contribution in [1.29, 1.82) is 5.26 Å². The van der Waals surface area contributed by atoms with Gasteiger partial charge in [-0.15, -0.1) is 0 Å². The maximum atomic E-state index is 12.1. The molecule has 1 amide bonds. The van der Waals surface area contributed by atoms with Gasteiger partial charge in [0.05, 0.1) is 26.7 Å². The molecule has 4 nitrogen and oxygen atoms in total. The van der Waals surface area contributed by atoms with Crippen LogP contribution in [0, 0.1) is 11.3 Å². The molecule has 2 aromatic rings. The van der Waals surface area contributed by atoms with E-state index in [0.717, 1.165) is 0 Å². The standard InChI is InChI=1S/C13H5Cl4N3O/c14-8-9(15)11(20-12(17)10(8)16)13(21)19-7-3-1-2-6(4-7)5-18/h1-4H,(H,19,21). The summed E-state index contributed by atoms with van der Waals surface area (Å²) in [5, 5.41) is 11.1. The molecule has 0 unspecified atom stereocenters. The van der Waals surface area contributed by atoms with Gasteiger partial charge in [0, 0.05) is 5.69 Å². The minimum atomic E-state index is -0.615. The number of nitrogens with zero attached hydrogens (tertiary/aromatic N) is 2. The summed E-state index contributed by atoms with van der Waals surface area (Å²) in [6, 6.07) is 8.32. The van der Waals surface area contributed by atoms with Crippen LogP contribution in [-0.2, 0) is 0 Å². The van der Waals surface area contributed by atoms with Gasteiger partial charge >= 0.3 is 0 Å². The zero-order valence-corrected chi connectivity index (χ0v) is 13.1. The van der Waals surface area contributed by atoms with Crippen LogP contribution in [0.2, 0.25) is 20.2 Å². The van der Waals surface area contributed by atoms with Gasteiger partial charge in [0.2, 0.25) is 0 Å². The number of pyridine rings is 1. The van der Waals surface area contributed by atoms with E-state index < -0.39 is 5.91 Å². The van der Waals surface area contributed by atoms with Crippen molar-refractivity contribution in [2.45, 2.75) is 0 Å². The van der Waals surface area contributed by atoms with Crippen molar-refractivity contribution in [3.63, 3.8) is 0 Å². The smallest absolute Gasteiger partial charge is 0.275 e. The summed E-state index contributed by atoms with van der Waals surface area (Å²) in [7, 11) is 0. The summed E-state index contributed by atoms with van der Waals surface area (Å²) in [5.41, 5.74) is 0.663. The van der Waals surface area contributed by atoms with E-state index in [1.807, 2.05) is 6.07 Å². The number of benzene rings is 1. The van der Waals surface area contributed by atoms with E-state index >= 15 is 0 Å². The molecule has 8 heteroatoms. The third-order valence-corrected chi connectivity index (χ3v) is 4.13. The normalized spacial score (nSPS) is 10.0. The lowest BCUT2D eigenvalue weighted by atomic mass is 10.2. The van der Waals surface area contributed by atoms with Crippen LogP contribution in [0.15, 0.2) is 24.3 Å². The summed E-state index contributed by atoms with van der Waals surface area (Å²) in [6.45, 7) is 0. The van der Waals surface area contributed by atoms with Crippen molar-refractivity contribution in [2.75, 3.05) is 5.32 Å². The van der Waals surface area contributed by atoms with Gasteiger partial charge in [-0.3, -0.25) is 4.79 Å². The lowest BCUT2D eigenvalue weighted by Crippen LogP contribution is -2.15. The van der Waals surface area contributed by atoms with Gasteiger partial charge in [0.1, 0.15) is 10.8 Å². The van der Waals surface area contributed by atoms with E-state index in [1.165, 1.54) is 6.07 Å². The molecule has 0 radical (unpaired) electrons. The molecule has 1 aromatic heterocycles. The van der Waals surface area contributed by atoms with Gasteiger partial charge in [-0.05, 0) is 18.2 Å². The van der Waals surface area contributed by atoms with Crippen molar-refractivity contribution in [3.8, 4) is 6.07 Å². The molecular formula is C13H5Cl4N3O. The highest BCUT2D eigenvalue weighted by Gasteiger charge is 2.20. The van der Waals surface area contributed by atoms with E-state index in [-0.39, 0.29) is 25.9 Å². The molecule has 0 atom stereocenters. The predicted molar refractivity (Wildman–Crippen MR) is 83.4 cm³/mol. The zero-order chi connectivity index (χ0) is 15.6. The van der Waals surface area contributed by atoms with E-state index in [0.29, 0.717) is 11.3 Å². The predicted octanol–water partition coefficient (Wildman–Crippen LogP) is 4.82. The first-order chi connectivity index (χ1) is 9.93. The maximum absolute atomic E-state index is 12.1. The van der Waals surface area contributed by atoms with Gasteiger partial charge in [0.25, 0.3) is 5.91 Å². The van der Waals surface area contributed by atoms with Crippen LogP contribution in [0.4, 0.5) is 5.69 Å². The van der Waals surface area contributed by atoms with E-state index in [2.05, 4.69) is 10.3 Å². The second-order valence-corrected chi connectivity index (χ2v) is 5.33. The van der Waals surface area contributed by atoms with Gasteiger partial charge < -0.3 is 5.32 Å². The fraction of sp³-hybridized carbons (Fsp3) is 0. The first-order valence-electron chi connectivity index (χ1n) is 5.45. The Morgan fingerprint density at radius 3 is 2.52 bits per heavy atom. The molecule has 0 aliphatic heterocycles.